The Morgan fingerprint density at radius 3 is 2.45 bits per heavy atom. The number of benzene rings is 2. The van der Waals surface area contributed by atoms with Gasteiger partial charge in [0.05, 0.1) is 6.42 Å². The lowest BCUT2D eigenvalue weighted by molar-refractivity contribution is -0.139. The number of carbonyl (C=O) groups is 2. The molecule has 1 aliphatic carbocycles. The second-order valence-electron chi connectivity index (χ2n) is 8.95. The Morgan fingerprint density at radius 1 is 1.03 bits per heavy atom. The van der Waals surface area contributed by atoms with Crippen LogP contribution in [0.1, 0.15) is 61.3 Å². The van der Waals surface area contributed by atoms with Gasteiger partial charge in [0, 0.05) is 12.6 Å². The monoisotopic (exact) mass is 420 g/mol. The first-order valence-electron chi connectivity index (χ1n) is 11.6. The molecule has 0 spiro atoms. The van der Waals surface area contributed by atoms with E-state index in [2.05, 4.69) is 35.6 Å². The SMILES string of the molecule is Cc1ccc(C)c(CC(=O)N(CCc2ccccc2)[C@H](C)C(=O)NC2CCCCC2)c1. The van der Waals surface area contributed by atoms with Gasteiger partial charge in [-0.15, -0.1) is 0 Å². The maximum atomic E-state index is 13.4. The zero-order valence-corrected chi connectivity index (χ0v) is 19.2. The van der Waals surface area contributed by atoms with Crippen molar-refractivity contribution in [3.63, 3.8) is 0 Å². The van der Waals surface area contributed by atoms with Gasteiger partial charge in [-0.2, -0.15) is 0 Å². The van der Waals surface area contributed by atoms with E-state index in [0.717, 1.165) is 36.0 Å². The molecule has 4 nitrogen and oxygen atoms in total. The molecular weight excluding hydrogens is 384 g/mol. The summed E-state index contributed by atoms with van der Waals surface area (Å²) in [5.74, 6) is -0.0230. The number of hydrogen-bond acceptors (Lipinski definition) is 2. The molecule has 2 aromatic carbocycles. The summed E-state index contributed by atoms with van der Waals surface area (Å²) in [6.45, 7) is 6.48. The van der Waals surface area contributed by atoms with Crippen molar-refractivity contribution in [1.82, 2.24) is 10.2 Å². The number of hydrogen-bond donors (Lipinski definition) is 1. The topological polar surface area (TPSA) is 49.4 Å². The Labute approximate surface area is 187 Å². The molecule has 2 amide bonds. The van der Waals surface area contributed by atoms with Crippen molar-refractivity contribution >= 4 is 11.8 Å². The lowest BCUT2D eigenvalue weighted by Gasteiger charge is -2.31. The molecule has 4 heteroatoms. The van der Waals surface area contributed by atoms with Crippen molar-refractivity contribution in [2.75, 3.05) is 6.54 Å². The van der Waals surface area contributed by atoms with Crippen LogP contribution in [0.4, 0.5) is 0 Å². The Kier molecular flexibility index (Phi) is 8.27. The minimum absolute atomic E-state index is 0.0101. The summed E-state index contributed by atoms with van der Waals surface area (Å²) in [5, 5.41) is 3.20. The number of carbonyl (C=O) groups excluding carboxylic acids is 2. The number of rotatable bonds is 8. The fourth-order valence-electron chi connectivity index (χ4n) is 4.39. The molecule has 1 atom stereocenters. The van der Waals surface area contributed by atoms with Crippen LogP contribution >= 0.6 is 0 Å². The highest BCUT2D eigenvalue weighted by Crippen LogP contribution is 2.18. The van der Waals surface area contributed by atoms with Crippen LogP contribution in [0.15, 0.2) is 48.5 Å². The summed E-state index contributed by atoms with van der Waals surface area (Å²) in [7, 11) is 0. The Balaban J connectivity index is 1.73. The largest absolute Gasteiger partial charge is 0.352 e. The molecule has 0 heterocycles. The van der Waals surface area contributed by atoms with Crippen LogP contribution in [0.2, 0.25) is 0 Å². The Morgan fingerprint density at radius 2 is 1.74 bits per heavy atom. The summed E-state index contributed by atoms with van der Waals surface area (Å²) in [5.41, 5.74) is 4.47. The molecular formula is C27H36N2O2. The Bertz CT molecular complexity index is 872. The maximum Gasteiger partial charge on any atom is 0.242 e. The quantitative estimate of drug-likeness (QED) is 0.670. The molecule has 1 aliphatic rings. The third kappa shape index (κ3) is 6.68. The van der Waals surface area contributed by atoms with Crippen LogP contribution in [-0.2, 0) is 22.4 Å². The molecule has 0 saturated heterocycles. The maximum absolute atomic E-state index is 13.4. The highest BCUT2D eigenvalue weighted by Gasteiger charge is 2.28. The normalized spacial score (nSPS) is 15.3. The van der Waals surface area contributed by atoms with Crippen molar-refractivity contribution in [2.45, 2.75) is 77.8 Å². The van der Waals surface area contributed by atoms with Gasteiger partial charge in [0.1, 0.15) is 6.04 Å². The first kappa shape index (κ1) is 23.1. The third-order valence-corrected chi connectivity index (χ3v) is 6.45. The second-order valence-corrected chi connectivity index (χ2v) is 8.95. The van der Waals surface area contributed by atoms with Crippen molar-refractivity contribution in [3.8, 4) is 0 Å². The van der Waals surface area contributed by atoms with Crippen LogP contribution in [-0.4, -0.2) is 35.3 Å². The first-order valence-corrected chi connectivity index (χ1v) is 11.6. The molecule has 3 rings (SSSR count). The fourth-order valence-corrected chi connectivity index (χ4v) is 4.39. The van der Waals surface area contributed by atoms with Crippen LogP contribution in [0.3, 0.4) is 0 Å². The van der Waals surface area contributed by atoms with Gasteiger partial charge in [-0.05, 0) is 56.7 Å². The van der Waals surface area contributed by atoms with Crippen LogP contribution in [0.25, 0.3) is 0 Å². The second kappa shape index (κ2) is 11.1. The fraction of sp³-hybridized carbons (Fsp3) is 0.481. The standard InChI is InChI=1S/C27H36N2O2/c1-20-14-15-21(2)24(18-20)19-26(30)29(17-16-23-10-6-4-7-11-23)22(3)27(31)28-25-12-8-5-9-13-25/h4,6-7,10-11,14-15,18,22,25H,5,8-9,12-13,16-17,19H2,1-3H3,(H,28,31)/t22-/m1/s1. The van der Waals surface area contributed by atoms with Crippen LogP contribution in [0, 0.1) is 13.8 Å². The average molecular weight is 421 g/mol. The van der Waals surface area contributed by atoms with E-state index in [1.165, 1.54) is 24.8 Å². The van der Waals surface area contributed by atoms with Gasteiger partial charge in [0.25, 0.3) is 0 Å². The highest BCUT2D eigenvalue weighted by molar-refractivity contribution is 5.88. The van der Waals surface area contributed by atoms with E-state index < -0.39 is 6.04 Å². The summed E-state index contributed by atoms with van der Waals surface area (Å²) in [6.07, 6.45) is 6.73. The molecule has 2 aromatic rings. The molecule has 1 N–H and O–H groups in total. The van der Waals surface area contributed by atoms with Crippen molar-refractivity contribution in [1.29, 1.82) is 0 Å². The van der Waals surface area contributed by atoms with Gasteiger partial charge in [-0.3, -0.25) is 9.59 Å². The van der Waals surface area contributed by atoms with E-state index in [1.54, 1.807) is 4.90 Å². The smallest absolute Gasteiger partial charge is 0.242 e. The van der Waals surface area contributed by atoms with E-state index in [-0.39, 0.29) is 17.9 Å². The number of aryl methyl sites for hydroxylation is 2. The molecule has 166 valence electrons. The zero-order chi connectivity index (χ0) is 22.2. The van der Waals surface area contributed by atoms with Crippen molar-refractivity contribution in [2.24, 2.45) is 0 Å². The van der Waals surface area contributed by atoms with Gasteiger partial charge in [0.2, 0.25) is 11.8 Å². The summed E-state index contributed by atoms with van der Waals surface area (Å²) < 4.78 is 0. The first-order chi connectivity index (χ1) is 14.9. The van der Waals surface area contributed by atoms with Crippen LogP contribution in [0.5, 0.6) is 0 Å². The van der Waals surface area contributed by atoms with Gasteiger partial charge in [-0.25, -0.2) is 0 Å². The minimum Gasteiger partial charge on any atom is -0.352 e. The molecule has 0 radical (unpaired) electrons. The molecule has 0 aliphatic heterocycles. The third-order valence-electron chi connectivity index (χ3n) is 6.45. The van der Waals surface area contributed by atoms with Crippen molar-refractivity contribution < 1.29 is 9.59 Å². The highest BCUT2D eigenvalue weighted by atomic mass is 16.2. The molecule has 0 unspecified atom stereocenters. The van der Waals surface area contributed by atoms with E-state index in [0.29, 0.717) is 13.0 Å². The minimum atomic E-state index is -0.483. The van der Waals surface area contributed by atoms with Gasteiger partial charge >= 0.3 is 0 Å². The predicted molar refractivity (Wildman–Crippen MR) is 126 cm³/mol. The predicted octanol–water partition coefficient (Wildman–Crippen LogP) is 4.75. The van der Waals surface area contributed by atoms with E-state index in [4.69, 9.17) is 0 Å². The molecule has 1 saturated carbocycles. The molecule has 0 bridgehead atoms. The average Bonchev–Trinajstić information content (AvgIpc) is 2.77. The van der Waals surface area contributed by atoms with E-state index >= 15 is 0 Å². The van der Waals surface area contributed by atoms with Gasteiger partial charge in [0.15, 0.2) is 0 Å². The molecule has 31 heavy (non-hydrogen) atoms. The molecule has 0 aromatic heterocycles. The summed E-state index contributed by atoms with van der Waals surface area (Å²) in [4.78, 5) is 28.2. The number of nitrogens with one attached hydrogen (secondary N) is 1. The number of amides is 2. The number of nitrogens with zero attached hydrogens (tertiary/aromatic N) is 1. The van der Waals surface area contributed by atoms with E-state index in [9.17, 15) is 9.59 Å². The Hall–Kier alpha value is -2.62. The van der Waals surface area contributed by atoms with Gasteiger partial charge < -0.3 is 10.2 Å². The summed E-state index contributed by atoms with van der Waals surface area (Å²) in [6, 6.07) is 16.1. The molecule has 1 fully saturated rings. The van der Waals surface area contributed by atoms with Crippen LogP contribution < -0.4 is 5.32 Å². The van der Waals surface area contributed by atoms with Gasteiger partial charge in [-0.1, -0.05) is 73.4 Å². The zero-order valence-electron chi connectivity index (χ0n) is 19.2. The van der Waals surface area contributed by atoms with Crippen molar-refractivity contribution in [3.05, 3.63) is 70.8 Å². The van der Waals surface area contributed by atoms with E-state index in [1.807, 2.05) is 39.0 Å². The summed E-state index contributed by atoms with van der Waals surface area (Å²) >= 11 is 0. The lowest BCUT2D eigenvalue weighted by atomic mass is 9.95. The lowest BCUT2D eigenvalue weighted by Crippen LogP contribution is -2.51.